The van der Waals surface area contributed by atoms with E-state index < -0.39 is 5.63 Å². The first kappa shape index (κ1) is 19.2. The Morgan fingerprint density at radius 3 is 2.55 bits per heavy atom. The van der Waals surface area contributed by atoms with Crippen LogP contribution >= 0.6 is 0 Å². The summed E-state index contributed by atoms with van der Waals surface area (Å²) in [7, 11) is 0. The third kappa shape index (κ3) is 4.32. The topological polar surface area (TPSA) is 80.0 Å². The van der Waals surface area contributed by atoms with Crippen LogP contribution in [0.4, 0.5) is 0 Å². The van der Waals surface area contributed by atoms with Gasteiger partial charge < -0.3 is 14.3 Å². The van der Waals surface area contributed by atoms with Crippen LogP contribution in [-0.2, 0) is 11.2 Å². The predicted molar refractivity (Wildman–Crippen MR) is 109 cm³/mol. The van der Waals surface area contributed by atoms with Crippen LogP contribution in [0.1, 0.15) is 34.3 Å². The highest BCUT2D eigenvalue weighted by Crippen LogP contribution is 2.27. The smallest absolute Gasteiger partial charge is 0.343 e. The molecule has 29 heavy (non-hydrogen) atoms. The molecule has 0 radical (unpaired) electrons. The van der Waals surface area contributed by atoms with Crippen molar-refractivity contribution in [2.45, 2.75) is 19.3 Å². The lowest BCUT2D eigenvalue weighted by atomic mass is 10.0. The Balaban J connectivity index is 1.42. The third-order valence-corrected chi connectivity index (χ3v) is 5.29. The summed E-state index contributed by atoms with van der Waals surface area (Å²) in [6.45, 7) is 3.29. The van der Waals surface area contributed by atoms with Crippen molar-refractivity contribution in [3.8, 4) is 5.75 Å². The minimum absolute atomic E-state index is 0.0674. The van der Waals surface area contributed by atoms with Gasteiger partial charge in [0.2, 0.25) is 0 Å². The van der Waals surface area contributed by atoms with Gasteiger partial charge in [-0.15, -0.1) is 0 Å². The van der Waals surface area contributed by atoms with Crippen LogP contribution in [0.15, 0.2) is 57.7 Å². The van der Waals surface area contributed by atoms with Gasteiger partial charge in [0, 0.05) is 13.0 Å². The summed E-state index contributed by atoms with van der Waals surface area (Å²) in [6.07, 6.45) is 2.63. The van der Waals surface area contributed by atoms with E-state index in [1.807, 2.05) is 0 Å². The summed E-state index contributed by atoms with van der Waals surface area (Å²) in [4.78, 5) is 26.7. The monoisotopic (exact) mass is 393 g/mol. The quantitative estimate of drug-likeness (QED) is 0.511. The van der Waals surface area contributed by atoms with Gasteiger partial charge in [-0.1, -0.05) is 24.3 Å². The molecule has 1 aromatic heterocycles. The van der Waals surface area contributed by atoms with Crippen molar-refractivity contribution in [3.05, 3.63) is 75.6 Å². The van der Waals surface area contributed by atoms with E-state index in [4.69, 9.17) is 9.15 Å². The molecule has 4 rings (SSSR count). The highest BCUT2D eigenvalue weighted by atomic mass is 16.5. The summed E-state index contributed by atoms with van der Waals surface area (Å²) in [5.41, 5.74) is 1.24. The first-order chi connectivity index (χ1) is 14.1. The Kier molecular flexibility index (Phi) is 5.62. The maximum Gasteiger partial charge on any atom is 0.343 e. The molecule has 0 aliphatic carbocycles. The molecule has 6 heteroatoms. The SMILES string of the molecule is O=C(OCCN1CCCC1)c1ccc(Cc2c(O)c3ccccc3oc2=O)cc1. The molecule has 1 saturated heterocycles. The van der Waals surface area contributed by atoms with Crippen molar-refractivity contribution in [2.24, 2.45) is 0 Å². The number of ether oxygens (including phenoxy) is 1. The van der Waals surface area contributed by atoms with E-state index in [9.17, 15) is 14.7 Å². The normalized spacial score (nSPS) is 14.3. The number of hydrogen-bond acceptors (Lipinski definition) is 6. The molecule has 6 nitrogen and oxygen atoms in total. The van der Waals surface area contributed by atoms with Gasteiger partial charge in [-0.3, -0.25) is 4.90 Å². The molecule has 1 fully saturated rings. The van der Waals surface area contributed by atoms with E-state index in [1.54, 1.807) is 48.5 Å². The van der Waals surface area contributed by atoms with Gasteiger partial charge in [-0.2, -0.15) is 0 Å². The number of likely N-dealkylation sites (tertiary alicyclic amines) is 1. The third-order valence-electron chi connectivity index (χ3n) is 5.29. The second kappa shape index (κ2) is 8.49. The number of hydrogen-bond donors (Lipinski definition) is 1. The van der Waals surface area contributed by atoms with Crippen LogP contribution in [0.2, 0.25) is 0 Å². The molecule has 0 bridgehead atoms. The summed E-state index contributed by atoms with van der Waals surface area (Å²) in [6, 6.07) is 13.7. The Labute approximate surface area is 168 Å². The molecule has 3 aromatic rings. The van der Waals surface area contributed by atoms with Gasteiger partial charge in [0.15, 0.2) is 0 Å². The highest BCUT2D eigenvalue weighted by Gasteiger charge is 2.15. The number of fused-ring (bicyclic) bond motifs is 1. The average Bonchev–Trinajstić information content (AvgIpc) is 3.25. The zero-order chi connectivity index (χ0) is 20.2. The van der Waals surface area contributed by atoms with Gasteiger partial charge in [0.25, 0.3) is 0 Å². The van der Waals surface area contributed by atoms with Crippen molar-refractivity contribution in [2.75, 3.05) is 26.2 Å². The lowest BCUT2D eigenvalue weighted by molar-refractivity contribution is 0.0472. The van der Waals surface area contributed by atoms with E-state index in [0.29, 0.717) is 23.1 Å². The number of nitrogens with zero attached hydrogens (tertiary/aromatic N) is 1. The summed E-state index contributed by atoms with van der Waals surface area (Å²) < 4.78 is 10.6. The van der Waals surface area contributed by atoms with Gasteiger partial charge in [0.1, 0.15) is 17.9 Å². The van der Waals surface area contributed by atoms with Gasteiger partial charge in [0.05, 0.1) is 16.5 Å². The fourth-order valence-corrected chi connectivity index (χ4v) is 3.65. The Morgan fingerprint density at radius 2 is 1.79 bits per heavy atom. The largest absolute Gasteiger partial charge is 0.507 e. The Hall–Kier alpha value is -3.12. The molecule has 0 unspecified atom stereocenters. The van der Waals surface area contributed by atoms with E-state index >= 15 is 0 Å². The molecular formula is C23H23NO5. The molecule has 2 aromatic carbocycles. The number of benzene rings is 2. The first-order valence-electron chi connectivity index (χ1n) is 9.84. The molecule has 2 heterocycles. The van der Waals surface area contributed by atoms with Crippen LogP contribution in [0.3, 0.4) is 0 Å². The zero-order valence-electron chi connectivity index (χ0n) is 16.1. The van der Waals surface area contributed by atoms with Crippen LogP contribution in [-0.4, -0.2) is 42.2 Å². The second-order valence-electron chi connectivity index (χ2n) is 7.27. The van der Waals surface area contributed by atoms with Crippen LogP contribution in [0.25, 0.3) is 11.0 Å². The minimum Gasteiger partial charge on any atom is -0.507 e. The minimum atomic E-state index is -0.563. The van der Waals surface area contributed by atoms with Crippen molar-refractivity contribution >= 4 is 16.9 Å². The highest BCUT2D eigenvalue weighted by molar-refractivity contribution is 5.89. The maximum atomic E-state index is 12.3. The summed E-state index contributed by atoms with van der Waals surface area (Å²) >= 11 is 0. The number of carbonyl (C=O) groups is 1. The average molecular weight is 393 g/mol. The molecule has 0 saturated carbocycles. The van der Waals surface area contributed by atoms with E-state index in [2.05, 4.69) is 4.90 Å². The predicted octanol–water partition coefficient (Wildman–Crippen LogP) is 3.34. The standard InChI is InChI=1S/C23H23NO5/c25-21-18-5-1-2-6-20(18)29-23(27)19(21)15-16-7-9-17(10-8-16)22(26)28-14-13-24-11-3-4-12-24/h1-2,5-10,25H,3-4,11-15H2. The fraction of sp³-hybridized carbons (Fsp3) is 0.304. The summed E-state index contributed by atoms with van der Waals surface area (Å²) in [5.74, 6) is -0.425. The Morgan fingerprint density at radius 1 is 1.07 bits per heavy atom. The molecular weight excluding hydrogens is 370 g/mol. The number of aromatic hydroxyl groups is 1. The molecule has 0 atom stereocenters. The van der Waals surface area contributed by atoms with Gasteiger partial charge >= 0.3 is 11.6 Å². The molecule has 0 amide bonds. The number of esters is 1. The summed E-state index contributed by atoms with van der Waals surface area (Å²) in [5, 5.41) is 11.0. The van der Waals surface area contributed by atoms with E-state index in [0.717, 1.165) is 25.2 Å². The molecule has 150 valence electrons. The lowest BCUT2D eigenvalue weighted by Crippen LogP contribution is -2.25. The zero-order valence-corrected chi connectivity index (χ0v) is 16.1. The number of para-hydroxylation sites is 1. The van der Waals surface area contributed by atoms with E-state index in [1.165, 1.54) is 12.8 Å². The number of carbonyl (C=O) groups excluding carboxylic acids is 1. The van der Waals surface area contributed by atoms with Gasteiger partial charge in [-0.25, -0.2) is 9.59 Å². The fourth-order valence-electron chi connectivity index (χ4n) is 3.65. The van der Waals surface area contributed by atoms with Crippen molar-refractivity contribution in [3.63, 3.8) is 0 Å². The van der Waals surface area contributed by atoms with Gasteiger partial charge in [-0.05, 0) is 55.8 Å². The maximum absolute atomic E-state index is 12.3. The van der Waals surface area contributed by atoms with Crippen LogP contribution < -0.4 is 5.63 Å². The van der Waals surface area contributed by atoms with Crippen molar-refractivity contribution in [1.29, 1.82) is 0 Å². The molecule has 1 aliphatic heterocycles. The molecule has 1 N–H and O–H groups in total. The van der Waals surface area contributed by atoms with E-state index in [-0.39, 0.29) is 23.7 Å². The lowest BCUT2D eigenvalue weighted by Gasteiger charge is -2.14. The van der Waals surface area contributed by atoms with Crippen molar-refractivity contribution in [1.82, 2.24) is 4.90 Å². The van der Waals surface area contributed by atoms with Crippen molar-refractivity contribution < 1.29 is 19.1 Å². The number of rotatable bonds is 6. The first-order valence-corrected chi connectivity index (χ1v) is 9.84. The van der Waals surface area contributed by atoms with Crippen LogP contribution in [0.5, 0.6) is 5.75 Å². The molecule has 0 spiro atoms. The van der Waals surface area contributed by atoms with Crippen LogP contribution in [0, 0.1) is 0 Å². The second-order valence-corrected chi connectivity index (χ2v) is 7.27. The molecule has 1 aliphatic rings. The Bertz CT molecular complexity index is 1060.